The molecular formula is C19H24N4O2. The van der Waals surface area contributed by atoms with Gasteiger partial charge in [0.25, 0.3) is 5.91 Å². The topological polar surface area (TPSA) is 76.0 Å². The highest BCUT2D eigenvalue weighted by atomic mass is 16.2. The number of carbonyl (C=O) groups is 2. The molecule has 1 aromatic heterocycles. The molecule has 1 atom stereocenters. The lowest BCUT2D eigenvalue weighted by Gasteiger charge is -2.26. The summed E-state index contributed by atoms with van der Waals surface area (Å²) < 4.78 is 1.52. The average Bonchev–Trinajstić information content (AvgIpc) is 2.96. The van der Waals surface area contributed by atoms with Gasteiger partial charge in [-0.15, -0.1) is 0 Å². The molecule has 25 heavy (non-hydrogen) atoms. The molecular weight excluding hydrogens is 316 g/mol. The summed E-state index contributed by atoms with van der Waals surface area (Å²) >= 11 is 0. The highest BCUT2D eigenvalue weighted by molar-refractivity contribution is 5.96. The van der Waals surface area contributed by atoms with E-state index in [9.17, 15) is 9.59 Å². The van der Waals surface area contributed by atoms with E-state index in [1.54, 1.807) is 13.1 Å². The van der Waals surface area contributed by atoms with Crippen LogP contribution >= 0.6 is 0 Å². The summed E-state index contributed by atoms with van der Waals surface area (Å²) in [7, 11) is 1.71. The van der Waals surface area contributed by atoms with Gasteiger partial charge in [-0.05, 0) is 30.4 Å². The fraction of sp³-hybridized carbons (Fsp3) is 0.421. The van der Waals surface area contributed by atoms with Crippen molar-refractivity contribution in [2.75, 3.05) is 5.32 Å². The molecule has 0 spiro atoms. The van der Waals surface area contributed by atoms with Gasteiger partial charge in [-0.25, -0.2) is 0 Å². The molecule has 0 bridgehead atoms. The van der Waals surface area contributed by atoms with Crippen molar-refractivity contribution < 1.29 is 9.59 Å². The van der Waals surface area contributed by atoms with E-state index in [0.29, 0.717) is 11.5 Å². The number of nitrogens with zero attached hydrogens (tertiary/aromatic N) is 2. The van der Waals surface area contributed by atoms with Gasteiger partial charge in [0.1, 0.15) is 5.82 Å². The SMILES string of the molecule is CC(C)C(=O)Nc1cc(C(=O)N[C@H]2CCCc3ccccc32)nn1C. The number of nitrogens with one attached hydrogen (secondary N) is 2. The summed E-state index contributed by atoms with van der Waals surface area (Å²) in [5, 5.41) is 10.1. The number of anilines is 1. The third kappa shape index (κ3) is 3.73. The molecule has 2 amide bonds. The predicted molar refractivity (Wildman–Crippen MR) is 96.3 cm³/mol. The van der Waals surface area contributed by atoms with Crippen molar-refractivity contribution in [1.82, 2.24) is 15.1 Å². The standard InChI is InChI=1S/C19H24N4O2/c1-12(2)18(24)21-17-11-16(22-23(17)3)19(25)20-15-10-6-8-13-7-4-5-9-14(13)15/h4-5,7,9,11-12,15H,6,8,10H2,1-3H3,(H,20,25)(H,21,24)/t15-/m0/s1. The van der Waals surface area contributed by atoms with E-state index < -0.39 is 0 Å². The quantitative estimate of drug-likeness (QED) is 0.898. The number of hydrogen-bond acceptors (Lipinski definition) is 3. The van der Waals surface area contributed by atoms with Crippen LogP contribution in [0.15, 0.2) is 30.3 Å². The lowest BCUT2D eigenvalue weighted by molar-refractivity contribution is -0.118. The minimum Gasteiger partial charge on any atom is -0.344 e. The van der Waals surface area contributed by atoms with E-state index in [-0.39, 0.29) is 23.8 Å². The van der Waals surface area contributed by atoms with Gasteiger partial charge in [0.2, 0.25) is 5.91 Å². The second kappa shape index (κ2) is 7.09. The van der Waals surface area contributed by atoms with Crippen molar-refractivity contribution in [2.24, 2.45) is 13.0 Å². The van der Waals surface area contributed by atoms with Crippen LogP contribution in [0.4, 0.5) is 5.82 Å². The molecule has 0 radical (unpaired) electrons. The van der Waals surface area contributed by atoms with Crippen LogP contribution in [0.5, 0.6) is 0 Å². The van der Waals surface area contributed by atoms with Crippen LogP contribution in [0.25, 0.3) is 0 Å². The Kier molecular flexibility index (Phi) is 4.88. The number of carbonyl (C=O) groups excluding carboxylic acids is 2. The lowest BCUT2D eigenvalue weighted by Crippen LogP contribution is -2.31. The molecule has 0 fully saturated rings. The number of rotatable bonds is 4. The van der Waals surface area contributed by atoms with Crippen LogP contribution < -0.4 is 10.6 Å². The van der Waals surface area contributed by atoms with Gasteiger partial charge in [0.05, 0.1) is 6.04 Å². The average molecular weight is 340 g/mol. The first-order valence-electron chi connectivity index (χ1n) is 8.69. The number of aryl methyl sites for hydroxylation is 2. The van der Waals surface area contributed by atoms with Gasteiger partial charge in [-0.3, -0.25) is 14.3 Å². The zero-order valence-corrected chi connectivity index (χ0v) is 14.9. The molecule has 0 saturated carbocycles. The number of benzene rings is 1. The van der Waals surface area contributed by atoms with Gasteiger partial charge in [-0.2, -0.15) is 5.10 Å². The number of aromatic nitrogens is 2. The third-order valence-corrected chi connectivity index (χ3v) is 4.56. The highest BCUT2D eigenvalue weighted by Gasteiger charge is 2.23. The highest BCUT2D eigenvalue weighted by Crippen LogP contribution is 2.29. The van der Waals surface area contributed by atoms with Crippen LogP contribution in [0.1, 0.15) is 54.3 Å². The normalized spacial score (nSPS) is 16.4. The van der Waals surface area contributed by atoms with Gasteiger partial charge >= 0.3 is 0 Å². The summed E-state index contributed by atoms with van der Waals surface area (Å²) in [6.45, 7) is 3.64. The summed E-state index contributed by atoms with van der Waals surface area (Å²) in [5.41, 5.74) is 2.79. The van der Waals surface area contributed by atoms with E-state index in [1.807, 2.05) is 26.0 Å². The van der Waals surface area contributed by atoms with Crippen molar-refractivity contribution in [3.8, 4) is 0 Å². The summed E-state index contributed by atoms with van der Waals surface area (Å²) in [6, 6.07) is 9.85. The summed E-state index contributed by atoms with van der Waals surface area (Å²) in [4.78, 5) is 24.5. The van der Waals surface area contributed by atoms with E-state index in [2.05, 4.69) is 27.9 Å². The monoisotopic (exact) mass is 340 g/mol. The Bertz CT molecular complexity index is 794. The molecule has 6 nitrogen and oxygen atoms in total. The Balaban J connectivity index is 1.73. The molecule has 0 saturated heterocycles. The maximum Gasteiger partial charge on any atom is 0.272 e. The first-order valence-corrected chi connectivity index (χ1v) is 8.69. The molecule has 1 heterocycles. The van der Waals surface area contributed by atoms with Crippen molar-refractivity contribution in [3.05, 3.63) is 47.2 Å². The maximum atomic E-state index is 12.6. The second-order valence-corrected chi connectivity index (χ2v) is 6.80. The van der Waals surface area contributed by atoms with Crippen LogP contribution in [-0.2, 0) is 18.3 Å². The van der Waals surface area contributed by atoms with Crippen LogP contribution in [0, 0.1) is 5.92 Å². The molecule has 1 aliphatic rings. The van der Waals surface area contributed by atoms with Gasteiger partial charge < -0.3 is 10.6 Å². The second-order valence-electron chi connectivity index (χ2n) is 6.80. The van der Waals surface area contributed by atoms with Gasteiger partial charge in [0, 0.05) is 19.0 Å². The van der Waals surface area contributed by atoms with Crippen molar-refractivity contribution in [2.45, 2.75) is 39.2 Å². The van der Waals surface area contributed by atoms with Crippen LogP contribution in [0.3, 0.4) is 0 Å². The number of amides is 2. The lowest BCUT2D eigenvalue weighted by atomic mass is 9.88. The molecule has 2 N–H and O–H groups in total. The first-order chi connectivity index (χ1) is 12.0. The Labute approximate surface area is 147 Å². The largest absolute Gasteiger partial charge is 0.344 e. The number of fused-ring (bicyclic) bond motifs is 1. The molecule has 2 aromatic rings. The fourth-order valence-electron chi connectivity index (χ4n) is 3.10. The van der Waals surface area contributed by atoms with E-state index >= 15 is 0 Å². The summed E-state index contributed by atoms with van der Waals surface area (Å²) in [6.07, 6.45) is 3.03. The summed E-state index contributed by atoms with van der Waals surface area (Å²) in [5.74, 6) is 0.0670. The van der Waals surface area contributed by atoms with Crippen molar-refractivity contribution in [1.29, 1.82) is 0 Å². The van der Waals surface area contributed by atoms with E-state index in [4.69, 9.17) is 0 Å². The Hall–Kier alpha value is -2.63. The zero-order chi connectivity index (χ0) is 18.0. The van der Waals surface area contributed by atoms with Crippen molar-refractivity contribution >= 4 is 17.6 Å². The maximum absolute atomic E-state index is 12.6. The Morgan fingerprint density at radius 3 is 2.80 bits per heavy atom. The minimum atomic E-state index is -0.220. The molecule has 3 rings (SSSR count). The third-order valence-electron chi connectivity index (χ3n) is 4.56. The smallest absolute Gasteiger partial charge is 0.272 e. The number of hydrogen-bond donors (Lipinski definition) is 2. The molecule has 1 aliphatic carbocycles. The first kappa shape index (κ1) is 17.2. The van der Waals surface area contributed by atoms with E-state index in [0.717, 1.165) is 19.3 Å². The minimum absolute atomic E-state index is 0.00756. The fourth-order valence-corrected chi connectivity index (χ4v) is 3.10. The zero-order valence-electron chi connectivity index (χ0n) is 14.9. The van der Waals surface area contributed by atoms with Gasteiger partial charge in [-0.1, -0.05) is 38.1 Å². The van der Waals surface area contributed by atoms with Crippen LogP contribution in [0.2, 0.25) is 0 Å². The van der Waals surface area contributed by atoms with Crippen molar-refractivity contribution in [3.63, 3.8) is 0 Å². The molecule has 6 heteroatoms. The van der Waals surface area contributed by atoms with Gasteiger partial charge in [0.15, 0.2) is 5.69 Å². The predicted octanol–water partition coefficient (Wildman–Crippen LogP) is 2.82. The molecule has 0 unspecified atom stereocenters. The van der Waals surface area contributed by atoms with E-state index in [1.165, 1.54) is 15.8 Å². The van der Waals surface area contributed by atoms with Crippen LogP contribution in [-0.4, -0.2) is 21.6 Å². The molecule has 0 aliphatic heterocycles. The molecule has 132 valence electrons. The Morgan fingerprint density at radius 2 is 2.04 bits per heavy atom. The Morgan fingerprint density at radius 1 is 1.28 bits per heavy atom. The molecule has 1 aromatic carbocycles.